The van der Waals surface area contributed by atoms with Crippen LogP contribution in [0.1, 0.15) is 5.56 Å². The number of nitro benzene ring substituents is 1. The largest absolute Gasteiger partial charge is 0.289 e. The van der Waals surface area contributed by atoms with Crippen molar-refractivity contribution in [3.05, 3.63) is 32.8 Å². The molecule has 0 aromatic heterocycles. The maximum atomic E-state index is 11.0. The average Bonchev–Trinajstić information content (AvgIpc) is 2.15. The summed E-state index contributed by atoms with van der Waals surface area (Å²) in [4.78, 5) is 9.11. The van der Waals surface area contributed by atoms with E-state index in [2.05, 4.69) is 0 Å². The number of nitrogens with zero attached hydrogens (tertiary/aromatic N) is 2. The second-order valence-corrected chi connectivity index (χ2v) is 5.49. The van der Waals surface area contributed by atoms with E-state index in [-0.39, 0.29) is 0 Å². The standard InChI is InChI=1S/C7H2Cl2N2O4S/c8-7-4(3-10)6(16(9,14)15)2-1-5(7)11(12)13/h1-2H. The fourth-order valence-corrected chi connectivity index (χ4v) is 2.34. The van der Waals surface area contributed by atoms with Gasteiger partial charge in [-0.3, -0.25) is 10.1 Å². The van der Waals surface area contributed by atoms with Crippen LogP contribution in [-0.2, 0) is 9.05 Å². The summed E-state index contributed by atoms with van der Waals surface area (Å²) in [5.41, 5.74) is -1.09. The zero-order valence-electron chi connectivity index (χ0n) is 7.35. The van der Waals surface area contributed by atoms with Crippen molar-refractivity contribution in [3.63, 3.8) is 0 Å². The highest BCUT2D eigenvalue weighted by Crippen LogP contribution is 2.33. The number of benzene rings is 1. The van der Waals surface area contributed by atoms with E-state index < -0.39 is 35.1 Å². The summed E-state index contributed by atoms with van der Waals surface area (Å²) in [6, 6.07) is 3.21. The first-order valence-corrected chi connectivity index (χ1v) is 6.29. The van der Waals surface area contributed by atoms with Crippen molar-refractivity contribution in [1.82, 2.24) is 0 Å². The number of hydrogen-bond donors (Lipinski definition) is 0. The molecular formula is C7H2Cl2N2O4S. The Morgan fingerprint density at radius 1 is 1.44 bits per heavy atom. The Bertz CT molecular complexity index is 606. The maximum absolute atomic E-state index is 11.0. The Morgan fingerprint density at radius 3 is 2.38 bits per heavy atom. The Kier molecular flexibility index (Phi) is 3.38. The smallest absolute Gasteiger partial charge is 0.258 e. The number of nitriles is 1. The van der Waals surface area contributed by atoms with Crippen LogP contribution in [0.3, 0.4) is 0 Å². The molecule has 1 aromatic carbocycles. The fourth-order valence-electron chi connectivity index (χ4n) is 0.996. The molecular weight excluding hydrogens is 279 g/mol. The van der Waals surface area contributed by atoms with Crippen molar-refractivity contribution in [2.24, 2.45) is 0 Å². The minimum Gasteiger partial charge on any atom is -0.258 e. The highest BCUT2D eigenvalue weighted by atomic mass is 35.7. The van der Waals surface area contributed by atoms with Crippen molar-refractivity contribution in [2.45, 2.75) is 4.90 Å². The number of hydrogen-bond acceptors (Lipinski definition) is 5. The van der Waals surface area contributed by atoms with E-state index in [1.54, 1.807) is 0 Å². The monoisotopic (exact) mass is 280 g/mol. The van der Waals surface area contributed by atoms with Gasteiger partial charge in [-0.15, -0.1) is 0 Å². The third-order valence-electron chi connectivity index (χ3n) is 1.65. The molecule has 9 heteroatoms. The molecule has 84 valence electrons. The summed E-state index contributed by atoms with van der Waals surface area (Å²) >= 11 is 5.53. The SMILES string of the molecule is N#Cc1c(S(=O)(=O)Cl)ccc([N+](=O)[O-])c1Cl. The zero-order valence-corrected chi connectivity index (χ0v) is 9.67. The van der Waals surface area contributed by atoms with Crippen molar-refractivity contribution < 1.29 is 13.3 Å². The van der Waals surface area contributed by atoms with Gasteiger partial charge in [0.05, 0.1) is 10.5 Å². The van der Waals surface area contributed by atoms with Gasteiger partial charge in [0.1, 0.15) is 16.0 Å². The minimum absolute atomic E-state index is 0.536. The van der Waals surface area contributed by atoms with Crippen LogP contribution in [0.5, 0.6) is 0 Å². The fraction of sp³-hybridized carbons (Fsp3) is 0. The van der Waals surface area contributed by atoms with E-state index in [1.807, 2.05) is 0 Å². The molecule has 0 bridgehead atoms. The Hall–Kier alpha value is -1.36. The molecule has 0 spiro atoms. The molecule has 0 amide bonds. The lowest BCUT2D eigenvalue weighted by Crippen LogP contribution is -1.99. The molecule has 0 unspecified atom stereocenters. The second-order valence-electron chi connectivity index (χ2n) is 2.58. The molecule has 0 aliphatic rings. The third-order valence-corrected chi connectivity index (χ3v) is 3.40. The van der Waals surface area contributed by atoms with Crippen LogP contribution >= 0.6 is 22.3 Å². The van der Waals surface area contributed by atoms with Crippen molar-refractivity contribution >= 4 is 37.0 Å². The van der Waals surface area contributed by atoms with Gasteiger partial charge in [-0.2, -0.15) is 5.26 Å². The molecule has 0 aliphatic carbocycles. The lowest BCUT2D eigenvalue weighted by Gasteiger charge is -2.02. The third kappa shape index (κ3) is 2.24. The van der Waals surface area contributed by atoms with Crippen LogP contribution in [0.4, 0.5) is 5.69 Å². The Labute approximate surface area is 99.6 Å². The maximum Gasteiger partial charge on any atom is 0.289 e. The van der Waals surface area contributed by atoms with Gasteiger partial charge in [0.2, 0.25) is 0 Å². The first kappa shape index (κ1) is 12.7. The van der Waals surface area contributed by atoms with Crippen LogP contribution in [-0.4, -0.2) is 13.3 Å². The molecule has 0 aliphatic heterocycles. The molecule has 0 heterocycles. The molecule has 0 N–H and O–H groups in total. The van der Waals surface area contributed by atoms with Crippen LogP contribution < -0.4 is 0 Å². The summed E-state index contributed by atoms with van der Waals surface area (Å²) in [7, 11) is 0.871. The Balaban J connectivity index is 3.69. The molecule has 0 radical (unpaired) electrons. The van der Waals surface area contributed by atoms with Gasteiger partial charge in [0.15, 0.2) is 0 Å². The van der Waals surface area contributed by atoms with Gasteiger partial charge in [0.25, 0.3) is 14.7 Å². The van der Waals surface area contributed by atoms with E-state index in [0.29, 0.717) is 0 Å². The van der Waals surface area contributed by atoms with Gasteiger partial charge < -0.3 is 0 Å². The molecule has 1 rings (SSSR count). The van der Waals surface area contributed by atoms with E-state index in [1.165, 1.54) is 6.07 Å². The van der Waals surface area contributed by atoms with E-state index >= 15 is 0 Å². The van der Waals surface area contributed by atoms with Gasteiger partial charge in [-0.05, 0) is 6.07 Å². The first-order valence-electron chi connectivity index (χ1n) is 3.60. The molecule has 0 saturated heterocycles. The van der Waals surface area contributed by atoms with Crippen molar-refractivity contribution in [1.29, 1.82) is 5.26 Å². The second kappa shape index (κ2) is 4.25. The summed E-state index contributed by atoms with van der Waals surface area (Å²) < 4.78 is 22.1. The van der Waals surface area contributed by atoms with E-state index in [4.69, 9.17) is 27.5 Å². The summed E-state index contributed by atoms with van der Waals surface area (Å²) in [6.07, 6.45) is 0. The van der Waals surface area contributed by atoms with Gasteiger partial charge in [-0.25, -0.2) is 8.42 Å². The highest BCUT2D eigenvalue weighted by molar-refractivity contribution is 8.13. The predicted molar refractivity (Wildman–Crippen MR) is 55.9 cm³/mol. The molecule has 16 heavy (non-hydrogen) atoms. The topological polar surface area (TPSA) is 101 Å². The van der Waals surface area contributed by atoms with E-state index in [9.17, 15) is 18.5 Å². The predicted octanol–water partition coefficient (Wildman–Crippen LogP) is 2.05. The summed E-state index contributed by atoms with van der Waals surface area (Å²) in [5.74, 6) is 0. The number of nitro groups is 1. The van der Waals surface area contributed by atoms with Crippen molar-refractivity contribution in [2.75, 3.05) is 0 Å². The average molecular weight is 281 g/mol. The van der Waals surface area contributed by atoms with Crippen LogP contribution in [0.2, 0.25) is 5.02 Å². The molecule has 0 fully saturated rings. The first-order chi connectivity index (χ1) is 7.29. The van der Waals surface area contributed by atoms with Crippen LogP contribution in [0.15, 0.2) is 17.0 Å². The van der Waals surface area contributed by atoms with Gasteiger partial charge in [-0.1, -0.05) is 11.6 Å². The lowest BCUT2D eigenvalue weighted by molar-refractivity contribution is -0.384. The van der Waals surface area contributed by atoms with Crippen LogP contribution in [0.25, 0.3) is 0 Å². The van der Waals surface area contributed by atoms with Gasteiger partial charge >= 0.3 is 0 Å². The molecule has 1 aromatic rings. The summed E-state index contributed by atoms with van der Waals surface area (Å²) in [6.45, 7) is 0. The quantitative estimate of drug-likeness (QED) is 0.469. The Morgan fingerprint density at radius 2 is 2.00 bits per heavy atom. The number of halogens is 2. The number of rotatable bonds is 2. The highest BCUT2D eigenvalue weighted by Gasteiger charge is 2.24. The normalized spacial score (nSPS) is 10.8. The van der Waals surface area contributed by atoms with Crippen LogP contribution in [0, 0.1) is 21.4 Å². The molecule has 6 nitrogen and oxygen atoms in total. The van der Waals surface area contributed by atoms with E-state index in [0.717, 1.165) is 12.1 Å². The summed E-state index contributed by atoms with van der Waals surface area (Å²) in [5, 5.41) is 18.6. The van der Waals surface area contributed by atoms with Crippen molar-refractivity contribution in [3.8, 4) is 6.07 Å². The van der Waals surface area contributed by atoms with Gasteiger partial charge in [0, 0.05) is 16.7 Å². The molecule has 0 atom stereocenters. The minimum atomic E-state index is -4.17. The zero-order chi connectivity index (χ0) is 12.5. The molecule has 0 saturated carbocycles. The lowest BCUT2D eigenvalue weighted by atomic mass is 10.2.